The molecule has 1 N–H and O–H groups in total. The van der Waals surface area contributed by atoms with Gasteiger partial charge in [-0.2, -0.15) is 0 Å². The second-order valence-electron chi connectivity index (χ2n) is 3.07. The molecule has 2 nitrogen and oxygen atoms in total. The molecule has 2 atom stereocenters. The lowest BCUT2D eigenvalue weighted by molar-refractivity contribution is 0.0645. The van der Waals surface area contributed by atoms with Crippen molar-refractivity contribution >= 4 is 0 Å². The Morgan fingerprint density at radius 3 is 2.44 bits per heavy atom. The van der Waals surface area contributed by atoms with E-state index in [9.17, 15) is 0 Å². The van der Waals surface area contributed by atoms with Gasteiger partial charge in [0.05, 0.1) is 6.61 Å². The van der Waals surface area contributed by atoms with Crippen LogP contribution in [0.4, 0.5) is 0 Å². The standard InChI is InChI=1S/C7H15NO/c1-5(2)7-8-6(3)4-9-7/h5-8H,4H2,1-3H3. The first kappa shape index (κ1) is 7.03. The van der Waals surface area contributed by atoms with Gasteiger partial charge in [0.25, 0.3) is 0 Å². The predicted molar refractivity (Wildman–Crippen MR) is 37.2 cm³/mol. The number of hydrogen-bond donors (Lipinski definition) is 1. The predicted octanol–water partition coefficient (Wildman–Crippen LogP) is 0.977. The summed E-state index contributed by atoms with van der Waals surface area (Å²) in [5.41, 5.74) is 0. The van der Waals surface area contributed by atoms with Crippen molar-refractivity contribution in [2.75, 3.05) is 6.61 Å². The molecular formula is C7H15NO. The summed E-state index contributed by atoms with van der Waals surface area (Å²) in [5.74, 6) is 0.593. The molecule has 2 unspecified atom stereocenters. The van der Waals surface area contributed by atoms with Crippen LogP contribution in [0.3, 0.4) is 0 Å². The van der Waals surface area contributed by atoms with E-state index in [0.717, 1.165) is 6.61 Å². The fourth-order valence-corrected chi connectivity index (χ4v) is 1.01. The van der Waals surface area contributed by atoms with E-state index in [4.69, 9.17) is 4.74 Å². The van der Waals surface area contributed by atoms with E-state index in [0.29, 0.717) is 18.2 Å². The zero-order valence-corrected chi connectivity index (χ0v) is 6.35. The average molecular weight is 129 g/mol. The maximum atomic E-state index is 5.42. The Bertz CT molecular complexity index is 92.9. The molecule has 9 heavy (non-hydrogen) atoms. The SMILES string of the molecule is CC1COC(C(C)C)N1. The van der Waals surface area contributed by atoms with Crippen LogP contribution >= 0.6 is 0 Å². The van der Waals surface area contributed by atoms with Crippen molar-refractivity contribution in [1.29, 1.82) is 0 Å². The van der Waals surface area contributed by atoms with Crippen molar-refractivity contribution in [3.8, 4) is 0 Å². The van der Waals surface area contributed by atoms with Crippen molar-refractivity contribution in [2.45, 2.75) is 33.0 Å². The molecule has 1 rings (SSSR count). The van der Waals surface area contributed by atoms with Gasteiger partial charge in [0.2, 0.25) is 0 Å². The minimum Gasteiger partial charge on any atom is -0.361 e. The maximum Gasteiger partial charge on any atom is 0.110 e. The molecule has 1 aliphatic heterocycles. The topological polar surface area (TPSA) is 21.3 Å². The van der Waals surface area contributed by atoms with Crippen molar-refractivity contribution in [3.63, 3.8) is 0 Å². The molecule has 54 valence electrons. The summed E-state index contributed by atoms with van der Waals surface area (Å²) < 4.78 is 5.42. The maximum absolute atomic E-state index is 5.42. The van der Waals surface area contributed by atoms with E-state index in [1.54, 1.807) is 0 Å². The van der Waals surface area contributed by atoms with Crippen LogP contribution in [0.15, 0.2) is 0 Å². The zero-order chi connectivity index (χ0) is 6.85. The van der Waals surface area contributed by atoms with Crippen LogP contribution in [-0.4, -0.2) is 18.9 Å². The second-order valence-corrected chi connectivity index (χ2v) is 3.07. The van der Waals surface area contributed by atoms with Gasteiger partial charge in [0.1, 0.15) is 6.23 Å². The average Bonchev–Trinajstić information content (AvgIpc) is 2.14. The molecule has 2 heteroatoms. The molecule has 1 aliphatic rings. The lowest BCUT2D eigenvalue weighted by Gasteiger charge is -2.13. The first-order valence-electron chi connectivity index (χ1n) is 3.58. The Hall–Kier alpha value is -0.0800. The Morgan fingerprint density at radius 1 is 1.56 bits per heavy atom. The minimum atomic E-state index is 0.292. The third kappa shape index (κ3) is 1.66. The van der Waals surface area contributed by atoms with E-state index >= 15 is 0 Å². The van der Waals surface area contributed by atoms with Crippen molar-refractivity contribution < 1.29 is 4.74 Å². The quantitative estimate of drug-likeness (QED) is 0.569. The third-order valence-electron chi connectivity index (χ3n) is 1.58. The molecule has 0 saturated carbocycles. The van der Waals surface area contributed by atoms with Gasteiger partial charge in [0.15, 0.2) is 0 Å². The molecule has 0 radical (unpaired) electrons. The monoisotopic (exact) mass is 129 g/mol. The fraction of sp³-hybridized carbons (Fsp3) is 1.00. The highest BCUT2D eigenvalue weighted by molar-refractivity contribution is 4.73. The van der Waals surface area contributed by atoms with Crippen molar-refractivity contribution in [2.24, 2.45) is 5.92 Å². The largest absolute Gasteiger partial charge is 0.361 e. The van der Waals surface area contributed by atoms with Crippen LogP contribution in [0.5, 0.6) is 0 Å². The zero-order valence-electron chi connectivity index (χ0n) is 6.35. The van der Waals surface area contributed by atoms with Gasteiger partial charge >= 0.3 is 0 Å². The highest BCUT2D eigenvalue weighted by Crippen LogP contribution is 2.10. The van der Waals surface area contributed by atoms with Gasteiger partial charge < -0.3 is 4.74 Å². The molecule has 0 aromatic rings. The molecule has 0 bridgehead atoms. The van der Waals surface area contributed by atoms with E-state index < -0.39 is 0 Å². The number of hydrogen-bond acceptors (Lipinski definition) is 2. The molecule has 1 heterocycles. The molecule has 0 aromatic heterocycles. The Labute approximate surface area is 56.6 Å². The minimum absolute atomic E-state index is 0.292. The van der Waals surface area contributed by atoms with Gasteiger partial charge in [-0.05, 0) is 12.8 Å². The number of nitrogens with one attached hydrogen (secondary N) is 1. The third-order valence-corrected chi connectivity index (χ3v) is 1.58. The summed E-state index contributed by atoms with van der Waals surface area (Å²) in [4.78, 5) is 0. The smallest absolute Gasteiger partial charge is 0.110 e. The molecule has 1 saturated heterocycles. The Morgan fingerprint density at radius 2 is 2.22 bits per heavy atom. The van der Waals surface area contributed by atoms with Crippen molar-refractivity contribution in [3.05, 3.63) is 0 Å². The molecular weight excluding hydrogens is 114 g/mol. The van der Waals surface area contributed by atoms with Gasteiger partial charge in [-0.15, -0.1) is 0 Å². The highest BCUT2D eigenvalue weighted by Gasteiger charge is 2.22. The van der Waals surface area contributed by atoms with Crippen LogP contribution < -0.4 is 5.32 Å². The Kier molecular flexibility index (Phi) is 2.09. The van der Waals surface area contributed by atoms with Gasteiger partial charge in [0, 0.05) is 6.04 Å². The van der Waals surface area contributed by atoms with Crippen LogP contribution in [0, 0.1) is 5.92 Å². The summed E-state index contributed by atoms with van der Waals surface area (Å²) in [6.45, 7) is 7.33. The second kappa shape index (κ2) is 2.67. The van der Waals surface area contributed by atoms with Crippen LogP contribution in [0.2, 0.25) is 0 Å². The molecule has 0 spiro atoms. The molecule has 0 aromatic carbocycles. The highest BCUT2D eigenvalue weighted by atomic mass is 16.5. The van der Waals surface area contributed by atoms with E-state index in [1.165, 1.54) is 0 Å². The van der Waals surface area contributed by atoms with Crippen LogP contribution in [-0.2, 0) is 4.74 Å². The van der Waals surface area contributed by atoms with Crippen LogP contribution in [0.25, 0.3) is 0 Å². The normalized spacial score (nSPS) is 36.0. The molecule has 0 aliphatic carbocycles. The first-order valence-corrected chi connectivity index (χ1v) is 3.58. The van der Waals surface area contributed by atoms with Gasteiger partial charge in [-0.25, -0.2) is 0 Å². The van der Waals surface area contributed by atoms with E-state index in [2.05, 4.69) is 26.1 Å². The number of rotatable bonds is 1. The van der Waals surface area contributed by atoms with Crippen molar-refractivity contribution in [1.82, 2.24) is 5.32 Å². The van der Waals surface area contributed by atoms with E-state index in [-0.39, 0.29) is 0 Å². The summed E-state index contributed by atoms with van der Waals surface area (Å²) in [7, 11) is 0. The van der Waals surface area contributed by atoms with E-state index in [1.807, 2.05) is 0 Å². The summed E-state index contributed by atoms with van der Waals surface area (Å²) in [6, 6.07) is 0.539. The lowest BCUT2D eigenvalue weighted by Crippen LogP contribution is -2.32. The van der Waals surface area contributed by atoms with Crippen LogP contribution in [0.1, 0.15) is 20.8 Å². The van der Waals surface area contributed by atoms with Gasteiger partial charge in [-0.1, -0.05) is 13.8 Å². The summed E-state index contributed by atoms with van der Waals surface area (Å²) in [5, 5.41) is 3.33. The number of ether oxygens (including phenoxy) is 1. The first-order chi connectivity index (χ1) is 4.20. The summed E-state index contributed by atoms with van der Waals surface area (Å²) >= 11 is 0. The lowest BCUT2D eigenvalue weighted by atomic mass is 10.2. The van der Waals surface area contributed by atoms with Gasteiger partial charge in [-0.3, -0.25) is 5.32 Å². The molecule has 1 fully saturated rings. The fourth-order valence-electron chi connectivity index (χ4n) is 1.01. The summed E-state index contributed by atoms with van der Waals surface area (Å²) in [6.07, 6.45) is 0.292. The molecule has 0 amide bonds. The Balaban J connectivity index is 2.30.